The van der Waals surface area contributed by atoms with Gasteiger partial charge in [0.2, 0.25) is 0 Å². The Bertz CT molecular complexity index is 2250. The molecule has 0 aromatic rings. The number of hydrogen-bond donors (Lipinski definition) is 4. The summed E-state index contributed by atoms with van der Waals surface area (Å²) >= 11 is 0. The van der Waals surface area contributed by atoms with E-state index in [0.717, 1.165) is 141 Å². The average molecular weight is 1400 g/mol. The Kier molecular flexibility index (Phi) is 68.8. The largest absolute Gasteiger partial charge is 0.472 e. The first kappa shape index (κ1) is 93.0. The minimum atomic E-state index is -4.93. The molecule has 558 valence electrons. The van der Waals surface area contributed by atoms with Gasteiger partial charge < -0.3 is 34.2 Å². The van der Waals surface area contributed by atoms with Crippen molar-refractivity contribution in [2.24, 2.45) is 0 Å². The SMILES string of the molecule is CC/C=C\C/C=C\C/C=C\C/C=C\C/C=C\C/C=C\CCCCCCCCCCCCCCCCC(=O)OCC(O)COP(=O)(O)OCC(O)COP(=O)(O)OCC(COC(=O)CCCCCC/C=C\C/C=C\C/C=C\C/C=C\CC)OC(=O)CCCCCCCCCCCCC. The first-order valence-corrected chi connectivity index (χ1v) is 40.8. The number of allylic oxidation sites excluding steroid dienone is 20. The van der Waals surface area contributed by atoms with Gasteiger partial charge >= 0.3 is 33.6 Å². The van der Waals surface area contributed by atoms with E-state index in [9.17, 15) is 43.5 Å². The van der Waals surface area contributed by atoms with E-state index < -0.39 is 91.5 Å². The number of rotatable bonds is 71. The third-order valence-corrected chi connectivity index (χ3v) is 17.6. The molecule has 0 radical (unpaired) electrons. The van der Waals surface area contributed by atoms with Crippen LogP contribution in [0.3, 0.4) is 0 Å². The molecule has 0 bridgehead atoms. The summed E-state index contributed by atoms with van der Waals surface area (Å²) in [5.41, 5.74) is 0. The number of ether oxygens (including phenoxy) is 3. The van der Waals surface area contributed by atoms with Crippen LogP contribution in [-0.2, 0) is 55.8 Å². The zero-order valence-corrected chi connectivity index (χ0v) is 62.5. The summed E-state index contributed by atoms with van der Waals surface area (Å²) in [7, 11) is -9.78. The quantitative estimate of drug-likeness (QED) is 0.0146. The number of phosphoric acid groups is 2. The number of unbranched alkanes of at least 4 members (excludes halogenated alkanes) is 28. The Morgan fingerprint density at radius 2 is 0.546 bits per heavy atom. The van der Waals surface area contributed by atoms with Crippen LogP contribution in [0, 0.1) is 0 Å². The van der Waals surface area contributed by atoms with E-state index in [1.54, 1.807) is 0 Å². The molecular formula is C79H136O16P2. The highest BCUT2D eigenvalue weighted by Gasteiger charge is 2.29. The second-order valence-corrected chi connectivity index (χ2v) is 28.0. The Morgan fingerprint density at radius 1 is 0.299 bits per heavy atom. The molecular weight excluding hydrogens is 1270 g/mol. The number of hydrogen-bond acceptors (Lipinski definition) is 14. The van der Waals surface area contributed by atoms with Gasteiger partial charge in [0.05, 0.1) is 26.4 Å². The predicted molar refractivity (Wildman–Crippen MR) is 399 cm³/mol. The van der Waals surface area contributed by atoms with Crippen LogP contribution >= 0.6 is 15.6 Å². The van der Waals surface area contributed by atoms with Crippen LogP contribution in [0.25, 0.3) is 0 Å². The van der Waals surface area contributed by atoms with Gasteiger partial charge in [0.15, 0.2) is 6.10 Å². The fourth-order valence-electron chi connectivity index (χ4n) is 9.98. The van der Waals surface area contributed by atoms with Gasteiger partial charge in [-0.25, -0.2) is 9.13 Å². The summed E-state index contributed by atoms with van der Waals surface area (Å²) in [5.74, 6) is -1.60. The molecule has 16 nitrogen and oxygen atoms in total. The van der Waals surface area contributed by atoms with Crippen LogP contribution in [-0.4, -0.2) is 95.9 Å². The molecule has 0 saturated heterocycles. The van der Waals surface area contributed by atoms with Crippen molar-refractivity contribution in [3.8, 4) is 0 Å². The van der Waals surface area contributed by atoms with E-state index in [1.807, 2.05) is 0 Å². The van der Waals surface area contributed by atoms with Crippen LogP contribution in [0.1, 0.15) is 303 Å². The molecule has 0 spiro atoms. The molecule has 5 atom stereocenters. The van der Waals surface area contributed by atoms with E-state index in [1.165, 1.54) is 103 Å². The van der Waals surface area contributed by atoms with E-state index in [0.29, 0.717) is 19.3 Å². The van der Waals surface area contributed by atoms with E-state index in [2.05, 4.69) is 142 Å². The maximum atomic E-state index is 12.9. The second kappa shape index (κ2) is 71.8. The first-order valence-electron chi connectivity index (χ1n) is 37.8. The monoisotopic (exact) mass is 1400 g/mol. The summed E-state index contributed by atoms with van der Waals surface area (Å²) in [6, 6.07) is 0. The maximum absolute atomic E-state index is 12.9. The number of aliphatic hydroxyl groups excluding tert-OH is 2. The van der Waals surface area contributed by atoms with Gasteiger partial charge in [0.1, 0.15) is 25.4 Å². The highest BCUT2D eigenvalue weighted by molar-refractivity contribution is 7.47. The molecule has 0 fully saturated rings. The molecule has 0 amide bonds. The Labute approximate surface area is 589 Å². The molecule has 18 heteroatoms. The Hall–Kier alpha value is -4.05. The normalized spacial score (nSPS) is 14.8. The van der Waals surface area contributed by atoms with Crippen molar-refractivity contribution in [1.82, 2.24) is 0 Å². The number of carbonyl (C=O) groups is 3. The molecule has 0 aromatic carbocycles. The second-order valence-electron chi connectivity index (χ2n) is 25.0. The maximum Gasteiger partial charge on any atom is 0.472 e. The lowest BCUT2D eigenvalue weighted by Gasteiger charge is -2.21. The molecule has 0 aliphatic rings. The standard InChI is InChI=1S/C79H136O16P2/c1-4-7-10-13-16-19-22-24-26-28-29-30-31-32-33-34-35-36-37-38-39-40-41-42-43-45-47-48-51-53-56-59-62-65-77(82)89-68-74(80)69-91-96(85,86)92-70-75(81)71-93-97(87,88)94-73-76(95-79(84)67-64-61-58-55-50-21-18-15-12-9-6-3)72-90-78(83)66-63-60-57-54-52-49-46-44-27-25-23-20-17-14-11-8-5-2/h7-8,10-11,16-17,19-20,24-27,29-30,32-33,35-36,46,49,74-76,80-81H,4-6,9,12-15,18,21-23,28,31,34,37-45,47-48,50-73H2,1-3H3,(H,85,86)(H,87,88)/b10-7-,11-8-,19-16-,20-17-,26-24-,27-25-,30-29-,33-32-,36-35-,49-46-. The molecule has 0 rings (SSSR count). The summed E-state index contributed by atoms with van der Waals surface area (Å²) < 4.78 is 60.9. The Morgan fingerprint density at radius 3 is 0.866 bits per heavy atom. The number of carbonyl (C=O) groups excluding carboxylic acids is 3. The van der Waals surface area contributed by atoms with Crippen LogP contribution in [0.4, 0.5) is 0 Å². The molecule has 97 heavy (non-hydrogen) atoms. The highest BCUT2D eigenvalue weighted by atomic mass is 31.2. The van der Waals surface area contributed by atoms with Crippen molar-refractivity contribution in [2.45, 2.75) is 322 Å². The van der Waals surface area contributed by atoms with Crippen molar-refractivity contribution >= 4 is 33.6 Å². The van der Waals surface area contributed by atoms with Crippen LogP contribution in [0.2, 0.25) is 0 Å². The summed E-state index contributed by atoms with van der Waals surface area (Å²) in [5, 5.41) is 20.6. The van der Waals surface area contributed by atoms with Crippen molar-refractivity contribution in [2.75, 3.05) is 39.6 Å². The summed E-state index contributed by atoms with van der Waals surface area (Å²) in [6.45, 7) is 2.42. The molecule has 0 saturated carbocycles. The minimum Gasteiger partial charge on any atom is -0.463 e. The van der Waals surface area contributed by atoms with Crippen molar-refractivity contribution in [1.29, 1.82) is 0 Å². The van der Waals surface area contributed by atoms with Crippen molar-refractivity contribution < 1.29 is 75.8 Å². The minimum absolute atomic E-state index is 0.100. The average Bonchev–Trinajstić information content (AvgIpc) is 1.59. The Balaban J connectivity index is 4.37. The van der Waals surface area contributed by atoms with Gasteiger partial charge in [-0.2, -0.15) is 0 Å². The van der Waals surface area contributed by atoms with Crippen LogP contribution in [0.5, 0.6) is 0 Å². The molecule has 0 aliphatic heterocycles. The topological polar surface area (TPSA) is 231 Å². The predicted octanol–water partition coefficient (Wildman–Crippen LogP) is 21.8. The van der Waals surface area contributed by atoms with Crippen molar-refractivity contribution in [3.05, 3.63) is 122 Å². The number of aliphatic hydroxyl groups is 2. The molecule has 0 aromatic heterocycles. The van der Waals surface area contributed by atoms with Gasteiger partial charge in [0, 0.05) is 19.3 Å². The number of esters is 3. The fraction of sp³-hybridized carbons (Fsp3) is 0.709. The smallest absolute Gasteiger partial charge is 0.463 e. The van der Waals surface area contributed by atoms with Crippen LogP contribution in [0.15, 0.2) is 122 Å². The van der Waals surface area contributed by atoms with E-state index in [4.69, 9.17) is 32.3 Å². The van der Waals surface area contributed by atoms with Crippen molar-refractivity contribution in [3.63, 3.8) is 0 Å². The molecule has 0 aliphatic carbocycles. The zero-order valence-electron chi connectivity index (χ0n) is 60.7. The van der Waals surface area contributed by atoms with E-state index >= 15 is 0 Å². The van der Waals surface area contributed by atoms with Gasteiger partial charge in [-0.3, -0.25) is 32.5 Å². The van der Waals surface area contributed by atoms with Gasteiger partial charge in [0.25, 0.3) is 0 Å². The third kappa shape index (κ3) is 73.0. The summed E-state index contributed by atoms with van der Waals surface area (Å²) in [6.07, 6.45) is 84.2. The lowest BCUT2D eigenvalue weighted by molar-refractivity contribution is -0.161. The molecule has 0 heterocycles. The number of phosphoric ester groups is 2. The van der Waals surface area contributed by atoms with Gasteiger partial charge in [-0.15, -0.1) is 0 Å². The molecule has 5 unspecified atom stereocenters. The van der Waals surface area contributed by atoms with Gasteiger partial charge in [-0.1, -0.05) is 296 Å². The fourth-order valence-corrected chi connectivity index (χ4v) is 11.6. The summed E-state index contributed by atoms with van der Waals surface area (Å²) in [4.78, 5) is 58.4. The zero-order chi connectivity index (χ0) is 70.9. The molecule has 4 N–H and O–H groups in total. The first-order chi connectivity index (χ1) is 47.2. The van der Waals surface area contributed by atoms with Gasteiger partial charge in [-0.05, 0) is 109 Å². The lowest BCUT2D eigenvalue weighted by Crippen LogP contribution is -2.30. The third-order valence-electron chi connectivity index (χ3n) is 15.7. The van der Waals surface area contributed by atoms with E-state index in [-0.39, 0.29) is 19.3 Å². The lowest BCUT2D eigenvalue weighted by atomic mass is 10.0. The van der Waals surface area contributed by atoms with Crippen LogP contribution < -0.4 is 0 Å². The highest BCUT2D eigenvalue weighted by Crippen LogP contribution is 2.45.